The van der Waals surface area contributed by atoms with Crippen LogP contribution in [-0.4, -0.2) is 12.6 Å². The van der Waals surface area contributed by atoms with Crippen molar-refractivity contribution in [2.24, 2.45) is 23.2 Å². The van der Waals surface area contributed by atoms with Crippen LogP contribution < -0.4 is 5.32 Å². The van der Waals surface area contributed by atoms with E-state index in [4.69, 9.17) is 0 Å². The maximum atomic E-state index is 3.60. The molecule has 0 aromatic carbocycles. The third-order valence-corrected chi connectivity index (χ3v) is 4.69. The second-order valence-corrected chi connectivity index (χ2v) is 7.34. The molecule has 1 N–H and O–H groups in total. The summed E-state index contributed by atoms with van der Waals surface area (Å²) in [6.07, 6.45) is 7.59. The second kappa shape index (κ2) is 4.68. The molecule has 94 valence electrons. The molecule has 0 spiro atoms. The minimum Gasteiger partial charge on any atom is -0.314 e. The zero-order valence-electron chi connectivity index (χ0n) is 11.6. The molecule has 16 heavy (non-hydrogen) atoms. The predicted molar refractivity (Wildman–Crippen MR) is 70.5 cm³/mol. The van der Waals surface area contributed by atoms with Gasteiger partial charge >= 0.3 is 0 Å². The smallest absolute Gasteiger partial charge is 0.00106 e. The van der Waals surface area contributed by atoms with Crippen molar-refractivity contribution in [3.8, 4) is 0 Å². The van der Waals surface area contributed by atoms with E-state index in [1.54, 1.807) is 6.42 Å². The van der Waals surface area contributed by atoms with E-state index in [1.165, 1.54) is 32.2 Å². The number of fused-ring (bicyclic) bond motifs is 2. The Morgan fingerprint density at radius 2 is 1.94 bits per heavy atom. The molecule has 1 nitrogen and oxygen atoms in total. The minimum atomic E-state index is 0.486. The number of nitrogens with one attached hydrogen (secondary N) is 1. The van der Waals surface area contributed by atoms with Crippen molar-refractivity contribution in [3.63, 3.8) is 0 Å². The van der Waals surface area contributed by atoms with Crippen molar-refractivity contribution in [2.45, 2.75) is 65.8 Å². The van der Waals surface area contributed by atoms with E-state index in [1.807, 2.05) is 0 Å². The molecule has 2 bridgehead atoms. The normalized spacial score (nSPS) is 33.9. The number of hydrogen-bond acceptors (Lipinski definition) is 1. The molecule has 0 aromatic heterocycles. The maximum absolute atomic E-state index is 3.60. The van der Waals surface area contributed by atoms with Gasteiger partial charge in [0.15, 0.2) is 0 Å². The summed E-state index contributed by atoms with van der Waals surface area (Å²) in [6, 6.07) is 0.624. The average Bonchev–Trinajstić information content (AvgIpc) is 2.75. The minimum absolute atomic E-state index is 0.486. The van der Waals surface area contributed by atoms with Crippen molar-refractivity contribution in [1.82, 2.24) is 5.32 Å². The van der Waals surface area contributed by atoms with E-state index in [2.05, 4.69) is 33.0 Å². The molecule has 2 aliphatic carbocycles. The third kappa shape index (κ3) is 3.00. The van der Waals surface area contributed by atoms with Gasteiger partial charge in [0.2, 0.25) is 0 Å². The topological polar surface area (TPSA) is 12.0 Å². The van der Waals surface area contributed by atoms with Gasteiger partial charge in [-0.3, -0.25) is 0 Å². The van der Waals surface area contributed by atoms with E-state index < -0.39 is 0 Å². The number of rotatable bonds is 5. The van der Waals surface area contributed by atoms with Crippen LogP contribution in [0.15, 0.2) is 0 Å². The largest absolute Gasteiger partial charge is 0.314 e. The molecule has 2 aliphatic rings. The molecule has 0 heterocycles. The monoisotopic (exact) mass is 223 g/mol. The summed E-state index contributed by atoms with van der Waals surface area (Å²) in [4.78, 5) is 0. The van der Waals surface area contributed by atoms with Gasteiger partial charge < -0.3 is 5.32 Å². The first-order valence-corrected chi connectivity index (χ1v) is 7.20. The summed E-state index contributed by atoms with van der Waals surface area (Å²) in [5, 5.41) is 3.60. The van der Waals surface area contributed by atoms with E-state index in [0.717, 1.165) is 17.8 Å². The highest BCUT2D eigenvalue weighted by molar-refractivity contribution is 4.92. The Morgan fingerprint density at radius 1 is 1.19 bits per heavy atom. The van der Waals surface area contributed by atoms with Gasteiger partial charge in [-0.15, -0.1) is 0 Å². The van der Waals surface area contributed by atoms with Crippen LogP contribution >= 0.6 is 0 Å². The zero-order chi connectivity index (χ0) is 11.8. The van der Waals surface area contributed by atoms with Crippen LogP contribution in [0.3, 0.4) is 0 Å². The van der Waals surface area contributed by atoms with Gasteiger partial charge in [-0.25, -0.2) is 0 Å². The summed E-state index contributed by atoms with van der Waals surface area (Å²) in [7, 11) is 0. The fourth-order valence-electron chi connectivity index (χ4n) is 3.89. The van der Waals surface area contributed by atoms with Crippen LogP contribution in [0.2, 0.25) is 0 Å². The lowest BCUT2D eigenvalue weighted by Crippen LogP contribution is -2.35. The summed E-state index contributed by atoms with van der Waals surface area (Å²) < 4.78 is 0. The van der Waals surface area contributed by atoms with E-state index in [-0.39, 0.29) is 0 Å². The van der Waals surface area contributed by atoms with Gasteiger partial charge in [0.25, 0.3) is 0 Å². The van der Waals surface area contributed by atoms with Gasteiger partial charge in [0.1, 0.15) is 0 Å². The molecule has 0 aromatic rings. The Balaban J connectivity index is 1.79. The van der Waals surface area contributed by atoms with Gasteiger partial charge in [0.05, 0.1) is 0 Å². The highest BCUT2D eigenvalue weighted by Gasteiger charge is 2.41. The first kappa shape index (κ1) is 12.4. The quantitative estimate of drug-likeness (QED) is 0.747. The van der Waals surface area contributed by atoms with Crippen molar-refractivity contribution >= 4 is 0 Å². The SMILES string of the molecule is CC(C)NCC(C)(C)CC1CC2CCC1C2. The van der Waals surface area contributed by atoms with Crippen LogP contribution in [0.1, 0.15) is 59.8 Å². The molecule has 2 saturated carbocycles. The van der Waals surface area contributed by atoms with Crippen molar-refractivity contribution < 1.29 is 0 Å². The number of hydrogen-bond donors (Lipinski definition) is 1. The molecule has 2 rings (SSSR count). The summed E-state index contributed by atoms with van der Waals surface area (Å²) in [5.41, 5.74) is 0.486. The summed E-state index contributed by atoms with van der Waals surface area (Å²) in [6.45, 7) is 10.5. The predicted octanol–water partition coefficient (Wildman–Crippen LogP) is 3.84. The van der Waals surface area contributed by atoms with E-state index >= 15 is 0 Å². The average molecular weight is 223 g/mol. The first-order valence-electron chi connectivity index (χ1n) is 7.20. The third-order valence-electron chi connectivity index (χ3n) is 4.69. The Bertz CT molecular complexity index is 232. The van der Waals surface area contributed by atoms with Crippen LogP contribution in [0.25, 0.3) is 0 Å². The van der Waals surface area contributed by atoms with Gasteiger partial charge in [-0.1, -0.05) is 34.1 Å². The van der Waals surface area contributed by atoms with Gasteiger partial charge in [-0.2, -0.15) is 0 Å². The molecule has 3 unspecified atom stereocenters. The molecular formula is C15H29N. The van der Waals surface area contributed by atoms with Crippen LogP contribution in [0, 0.1) is 23.2 Å². The Kier molecular flexibility index (Phi) is 3.63. The molecule has 1 heteroatoms. The Morgan fingerprint density at radius 3 is 2.44 bits per heavy atom. The fraction of sp³-hybridized carbons (Fsp3) is 1.00. The van der Waals surface area contributed by atoms with Gasteiger partial charge in [-0.05, 0) is 48.9 Å². The molecule has 0 aliphatic heterocycles. The van der Waals surface area contributed by atoms with Crippen LogP contribution in [0.5, 0.6) is 0 Å². The lowest BCUT2D eigenvalue weighted by molar-refractivity contribution is 0.199. The van der Waals surface area contributed by atoms with Crippen LogP contribution in [-0.2, 0) is 0 Å². The first-order chi connectivity index (χ1) is 7.46. The molecule has 0 saturated heterocycles. The van der Waals surface area contributed by atoms with Gasteiger partial charge in [0, 0.05) is 12.6 Å². The molecule has 0 amide bonds. The summed E-state index contributed by atoms with van der Waals surface area (Å²) in [5.74, 6) is 3.23. The Hall–Kier alpha value is -0.0400. The van der Waals surface area contributed by atoms with Crippen molar-refractivity contribution in [3.05, 3.63) is 0 Å². The van der Waals surface area contributed by atoms with Crippen molar-refractivity contribution in [2.75, 3.05) is 6.54 Å². The van der Waals surface area contributed by atoms with E-state index in [9.17, 15) is 0 Å². The highest BCUT2D eigenvalue weighted by atomic mass is 14.9. The highest BCUT2D eigenvalue weighted by Crippen LogP contribution is 2.51. The summed E-state index contributed by atoms with van der Waals surface area (Å²) >= 11 is 0. The second-order valence-electron chi connectivity index (χ2n) is 7.34. The Labute approximate surface area is 101 Å². The fourth-order valence-corrected chi connectivity index (χ4v) is 3.89. The molecule has 2 fully saturated rings. The molecular weight excluding hydrogens is 194 g/mol. The molecule has 0 radical (unpaired) electrons. The maximum Gasteiger partial charge on any atom is 0.00106 e. The van der Waals surface area contributed by atoms with Crippen LogP contribution in [0.4, 0.5) is 0 Å². The lowest BCUT2D eigenvalue weighted by Gasteiger charge is -2.33. The van der Waals surface area contributed by atoms with E-state index in [0.29, 0.717) is 11.5 Å². The van der Waals surface area contributed by atoms with Crippen molar-refractivity contribution in [1.29, 1.82) is 0 Å². The zero-order valence-corrected chi connectivity index (χ0v) is 11.6. The molecule has 3 atom stereocenters. The lowest BCUT2D eigenvalue weighted by atomic mass is 9.76. The standard InChI is InChI=1S/C15H29N/c1-11(2)16-10-15(3,4)9-14-8-12-5-6-13(14)7-12/h11-14,16H,5-10H2,1-4H3.